The van der Waals surface area contributed by atoms with Crippen LogP contribution in [0.2, 0.25) is 0 Å². The van der Waals surface area contributed by atoms with Crippen molar-refractivity contribution in [3.63, 3.8) is 0 Å². The van der Waals surface area contributed by atoms with E-state index in [1.54, 1.807) is 35.9 Å². The van der Waals surface area contributed by atoms with E-state index >= 15 is 8.78 Å². The van der Waals surface area contributed by atoms with E-state index in [9.17, 15) is 24.3 Å². The number of rotatable bonds is 17. The first-order valence-electron chi connectivity index (χ1n) is 26.0. The van der Waals surface area contributed by atoms with Gasteiger partial charge in [-0.2, -0.15) is 5.10 Å². The number of nitrogens with one attached hydrogen (secondary N) is 2. The highest BCUT2D eigenvalue weighted by Crippen LogP contribution is 2.33. The molecule has 75 heavy (non-hydrogen) atoms. The van der Waals surface area contributed by atoms with Gasteiger partial charge in [-0.15, -0.1) is 11.3 Å². The third-order valence-electron chi connectivity index (χ3n) is 14.6. The maximum atomic E-state index is 15.5. The molecule has 3 aromatic carbocycles. The van der Waals surface area contributed by atoms with Crippen LogP contribution in [0.3, 0.4) is 0 Å². The molecule has 6 heterocycles. The molecule has 3 saturated heterocycles. The van der Waals surface area contributed by atoms with Crippen molar-refractivity contribution in [2.24, 2.45) is 5.41 Å². The molecule has 16 nitrogen and oxygen atoms in total. The number of aromatic nitrogens is 5. The van der Waals surface area contributed by atoms with Gasteiger partial charge in [0.1, 0.15) is 23.7 Å². The number of aliphatic hydroxyl groups excluding tert-OH is 1. The van der Waals surface area contributed by atoms with Crippen molar-refractivity contribution in [3.8, 4) is 32.8 Å². The number of benzene rings is 3. The van der Waals surface area contributed by atoms with E-state index in [1.165, 1.54) is 17.0 Å². The number of para-hydroxylation sites is 1. The number of hydrogen-bond acceptors (Lipinski definition) is 12. The molecule has 3 aromatic heterocycles. The SMILES string of the molecule is Cc1ncsc1-c1ccc(CNC(=O)[C@@H]2C[C@@H](O)CN2C(=O)C(NC(=O)CCCCCC(=O)N2CCC(n3cc(-c4cnc5cccc(-c6cc(F)c(CN7CCOCC7)c(F)c6)c5n4)cn3)CC2)C(C)(C)C)cc1. The number of carbonyl (C=O) groups is 4. The van der Waals surface area contributed by atoms with Gasteiger partial charge >= 0.3 is 0 Å². The molecule has 0 aliphatic carbocycles. The molecule has 3 aliphatic rings. The first-order valence-corrected chi connectivity index (χ1v) is 26.9. The Morgan fingerprint density at radius 3 is 2.33 bits per heavy atom. The van der Waals surface area contributed by atoms with Gasteiger partial charge in [-0.1, -0.05) is 63.6 Å². The van der Waals surface area contributed by atoms with Gasteiger partial charge < -0.3 is 30.3 Å². The summed E-state index contributed by atoms with van der Waals surface area (Å²) in [6.45, 7) is 11.4. The average molecular weight is 1050 g/mol. The average Bonchev–Trinajstić information content (AvgIpc) is 4.18. The maximum absolute atomic E-state index is 15.5. The van der Waals surface area contributed by atoms with Gasteiger partial charge in [0.15, 0.2) is 0 Å². The lowest BCUT2D eigenvalue weighted by Gasteiger charge is -2.35. The predicted octanol–water partition coefficient (Wildman–Crippen LogP) is 7.63. The topological polar surface area (TPSA) is 188 Å². The summed E-state index contributed by atoms with van der Waals surface area (Å²) in [7, 11) is 0. The van der Waals surface area contributed by atoms with Crippen molar-refractivity contribution in [1.82, 2.24) is 50.1 Å². The Bertz CT molecular complexity index is 2980. The molecule has 0 bridgehead atoms. The van der Waals surface area contributed by atoms with E-state index in [2.05, 4.69) is 25.7 Å². The molecule has 3 fully saturated rings. The molecule has 9 rings (SSSR count). The highest BCUT2D eigenvalue weighted by Gasteiger charge is 2.44. The second-order valence-corrected chi connectivity index (χ2v) is 21.9. The fourth-order valence-electron chi connectivity index (χ4n) is 10.3. The Hall–Kier alpha value is -6.54. The monoisotopic (exact) mass is 1040 g/mol. The van der Waals surface area contributed by atoms with Gasteiger partial charge in [0, 0.05) is 88.0 Å². The largest absolute Gasteiger partial charge is 0.391 e. The van der Waals surface area contributed by atoms with Crippen molar-refractivity contribution in [2.75, 3.05) is 45.9 Å². The number of carbonyl (C=O) groups excluding carboxylic acids is 4. The number of amides is 4. The van der Waals surface area contributed by atoms with Crippen LogP contribution in [-0.2, 0) is 37.0 Å². The second kappa shape index (κ2) is 23.6. The van der Waals surface area contributed by atoms with E-state index < -0.39 is 41.1 Å². The Balaban J connectivity index is 0.715. The predicted molar refractivity (Wildman–Crippen MR) is 282 cm³/mol. The zero-order valence-corrected chi connectivity index (χ0v) is 43.9. The number of piperidine rings is 1. The van der Waals surface area contributed by atoms with Crippen LogP contribution in [0, 0.1) is 24.0 Å². The molecule has 0 spiro atoms. The van der Waals surface area contributed by atoms with Crippen molar-refractivity contribution < 1.29 is 37.8 Å². The van der Waals surface area contributed by atoms with Gasteiger partial charge in [-0.05, 0) is 72.9 Å². The molecule has 3 aliphatic heterocycles. The minimum Gasteiger partial charge on any atom is -0.391 e. The number of fused-ring (bicyclic) bond motifs is 1. The van der Waals surface area contributed by atoms with Crippen molar-refractivity contribution >= 4 is 46.0 Å². The first-order chi connectivity index (χ1) is 36.1. The minimum atomic E-state index is -0.923. The number of likely N-dealkylation sites (tertiary alicyclic amines) is 2. The Morgan fingerprint density at radius 1 is 0.893 bits per heavy atom. The van der Waals surface area contributed by atoms with Gasteiger partial charge in [-0.25, -0.2) is 18.7 Å². The summed E-state index contributed by atoms with van der Waals surface area (Å²) in [4.78, 5) is 74.5. The Morgan fingerprint density at radius 2 is 1.63 bits per heavy atom. The molecular formula is C56H66F2N10O6S. The molecule has 0 saturated carbocycles. The molecular weight excluding hydrogens is 979 g/mol. The van der Waals surface area contributed by atoms with Crippen LogP contribution in [-0.4, -0.2) is 132 Å². The van der Waals surface area contributed by atoms with Gasteiger partial charge in [0.05, 0.1) is 70.6 Å². The number of nitrogens with zero attached hydrogens (tertiary/aromatic N) is 8. The van der Waals surface area contributed by atoms with Gasteiger partial charge in [0.25, 0.3) is 0 Å². The number of halogens is 2. The third kappa shape index (κ3) is 12.8. The lowest BCUT2D eigenvalue weighted by molar-refractivity contribution is -0.144. The molecule has 19 heteroatoms. The fraction of sp³-hybridized carbons (Fsp3) is 0.464. The standard InChI is InChI=1S/C56H66F2N10O6S/c1-35-52(75-34-61-35)37-15-13-36(14-16-37)28-60-54(72)48-27-41(69)32-67(48)55(73)53(56(2,3)4)64-49(70)11-6-5-7-12-50(71)66-19-17-40(18-20-66)68-31-39(29-62-68)47-30-59-46-10-8-9-42(51(46)63-47)38-25-44(57)43(45(58)26-38)33-65-21-23-74-24-22-65/h8-10,13-16,25-26,29-31,34,40-41,48,53,69H,5-7,11-12,17-24,27-28,32-33H2,1-4H3,(H,60,72)(H,64,70)/t41-,48+,53?/m1/s1. The van der Waals surface area contributed by atoms with Crippen LogP contribution >= 0.6 is 11.3 Å². The zero-order valence-electron chi connectivity index (χ0n) is 43.1. The summed E-state index contributed by atoms with van der Waals surface area (Å²) in [5.41, 5.74) is 7.46. The normalized spacial score (nSPS) is 18.1. The highest BCUT2D eigenvalue weighted by molar-refractivity contribution is 7.13. The molecule has 0 radical (unpaired) electrons. The number of hydrogen-bond donors (Lipinski definition) is 3. The molecule has 4 amide bonds. The van der Waals surface area contributed by atoms with Crippen LogP contribution in [0.1, 0.15) is 95.0 Å². The number of aryl methyl sites for hydroxylation is 1. The fourth-order valence-corrected chi connectivity index (χ4v) is 11.1. The summed E-state index contributed by atoms with van der Waals surface area (Å²) < 4.78 is 38.2. The van der Waals surface area contributed by atoms with Crippen molar-refractivity contribution in [2.45, 2.75) is 116 Å². The highest BCUT2D eigenvalue weighted by atomic mass is 32.1. The Kier molecular flexibility index (Phi) is 16.7. The van der Waals surface area contributed by atoms with Crippen LogP contribution < -0.4 is 10.6 Å². The third-order valence-corrected chi connectivity index (χ3v) is 15.6. The number of ether oxygens (including phenoxy) is 1. The quantitative estimate of drug-likeness (QED) is 0.0763. The number of thiazole rings is 1. The van der Waals surface area contributed by atoms with Crippen LogP contribution in [0.5, 0.6) is 0 Å². The van der Waals surface area contributed by atoms with Crippen LogP contribution in [0.15, 0.2) is 78.7 Å². The molecule has 396 valence electrons. The number of aliphatic hydroxyl groups is 1. The number of morpholine rings is 1. The van der Waals surface area contributed by atoms with Crippen molar-refractivity contribution in [3.05, 3.63) is 107 Å². The summed E-state index contributed by atoms with van der Waals surface area (Å²) in [5, 5.41) is 21.2. The van der Waals surface area contributed by atoms with E-state index in [1.807, 2.05) is 84.2 Å². The number of β-amino-alcohol motifs (C(OH)–C–C–N with tert-alkyl or cyclic N) is 1. The smallest absolute Gasteiger partial charge is 0.246 e. The summed E-state index contributed by atoms with van der Waals surface area (Å²) in [6, 6.07) is 14.3. The first kappa shape index (κ1) is 53.3. The van der Waals surface area contributed by atoms with Gasteiger partial charge in [-0.3, -0.25) is 33.7 Å². The second-order valence-electron chi connectivity index (χ2n) is 21.1. The van der Waals surface area contributed by atoms with E-state index in [-0.39, 0.29) is 61.8 Å². The summed E-state index contributed by atoms with van der Waals surface area (Å²) >= 11 is 1.57. The maximum Gasteiger partial charge on any atom is 0.246 e. The molecule has 1 unspecified atom stereocenters. The molecule has 3 atom stereocenters. The van der Waals surface area contributed by atoms with E-state index in [4.69, 9.17) is 9.72 Å². The summed E-state index contributed by atoms with van der Waals surface area (Å²) in [6.07, 6.45) is 8.35. The van der Waals surface area contributed by atoms with Gasteiger partial charge in [0.2, 0.25) is 23.6 Å². The lowest BCUT2D eigenvalue weighted by atomic mass is 9.85. The van der Waals surface area contributed by atoms with Crippen molar-refractivity contribution in [1.29, 1.82) is 0 Å². The molecule has 6 aromatic rings. The minimum absolute atomic E-state index is 0.00862. The van der Waals surface area contributed by atoms with E-state index in [0.717, 1.165) is 40.1 Å². The zero-order chi connectivity index (χ0) is 52.8. The summed E-state index contributed by atoms with van der Waals surface area (Å²) in [5.74, 6) is -2.21. The molecule has 3 N–H and O–H groups in total. The number of unbranched alkanes of at least 4 members (excludes halogenated alkanes) is 2. The van der Waals surface area contributed by atoms with Crippen LogP contribution in [0.4, 0.5) is 8.78 Å². The van der Waals surface area contributed by atoms with Crippen LogP contribution in [0.25, 0.3) is 43.9 Å². The lowest BCUT2D eigenvalue weighted by Crippen LogP contribution is -2.57. The van der Waals surface area contributed by atoms with E-state index in [0.29, 0.717) is 92.9 Å². The Labute approximate surface area is 439 Å².